The number of allylic oxidation sites excluding steroid dienone is 1. The van der Waals surface area contributed by atoms with E-state index >= 15 is 0 Å². The second-order valence-electron chi connectivity index (χ2n) is 3.86. The number of carboxylic acid groups (broad SMARTS) is 1. The molecule has 1 rings (SSSR count). The molecule has 0 spiro atoms. The predicted molar refractivity (Wildman–Crippen MR) is 68.3 cm³/mol. The molecule has 0 radical (unpaired) electrons. The highest BCUT2D eigenvalue weighted by Crippen LogP contribution is 2.25. The number of aliphatic carboxylic acids is 1. The van der Waals surface area contributed by atoms with Crippen LogP contribution in [0.1, 0.15) is 30.9 Å². The number of ether oxygens (including phenoxy) is 1. The van der Waals surface area contributed by atoms with Crippen LogP contribution in [0.4, 0.5) is 0 Å². The molecule has 3 nitrogen and oxygen atoms in total. The zero-order chi connectivity index (χ0) is 12.8. The van der Waals surface area contributed by atoms with E-state index in [0.29, 0.717) is 0 Å². The van der Waals surface area contributed by atoms with Crippen molar-refractivity contribution in [2.75, 3.05) is 7.11 Å². The van der Waals surface area contributed by atoms with Crippen LogP contribution in [-0.4, -0.2) is 18.2 Å². The van der Waals surface area contributed by atoms with E-state index in [9.17, 15) is 4.79 Å². The first-order chi connectivity index (χ1) is 8.08. The average Bonchev–Trinajstić information content (AvgIpc) is 2.31. The summed E-state index contributed by atoms with van der Waals surface area (Å²) in [6.45, 7) is 4.03. The van der Waals surface area contributed by atoms with Crippen molar-refractivity contribution in [3.8, 4) is 5.75 Å². The molecule has 0 aliphatic rings. The van der Waals surface area contributed by atoms with E-state index in [0.717, 1.165) is 28.9 Å². The highest BCUT2D eigenvalue weighted by atomic mass is 16.5. The average molecular weight is 234 g/mol. The van der Waals surface area contributed by atoms with Crippen molar-refractivity contribution in [1.82, 2.24) is 0 Å². The van der Waals surface area contributed by atoms with Gasteiger partial charge in [-0.05, 0) is 42.2 Å². The highest BCUT2D eigenvalue weighted by Gasteiger charge is 2.05. The quantitative estimate of drug-likeness (QED) is 0.850. The molecule has 17 heavy (non-hydrogen) atoms. The number of carboxylic acids is 1. The Morgan fingerprint density at radius 3 is 2.65 bits per heavy atom. The Balaban J connectivity index is 3.04. The van der Waals surface area contributed by atoms with Crippen molar-refractivity contribution in [1.29, 1.82) is 0 Å². The number of hydrogen-bond acceptors (Lipinski definition) is 2. The number of aryl methyl sites for hydroxylation is 1. The highest BCUT2D eigenvalue weighted by molar-refractivity contribution is 5.75. The fourth-order valence-corrected chi connectivity index (χ4v) is 1.78. The molecule has 1 aromatic rings. The van der Waals surface area contributed by atoms with E-state index in [1.54, 1.807) is 13.2 Å². The van der Waals surface area contributed by atoms with Crippen LogP contribution in [0.25, 0.3) is 5.57 Å². The molecule has 0 amide bonds. The van der Waals surface area contributed by atoms with Gasteiger partial charge in [0, 0.05) is 0 Å². The molecule has 0 unspecified atom stereocenters. The SMILES string of the molecule is CC/C(=C\CC(=O)O)c1ccc(OC)cc1C. The van der Waals surface area contributed by atoms with Crippen molar-refractivity contribution in [3.63, 3.8) is 0 Å². The van der Waals surface area contributed by atoms with Crippen LogP contribution in [0.15, 0.2) is 24.3 Å². The fourth-order valence-electron chi connectivity index (χ4n) is 1.78. The third-order valence-electron chi connectivity index (χ3n) is 2.68. The topological polar surface area (TPSA) is 46.5 Å². The largest absolute Gasteiger partial charge is 0.497 e. The summed E-state index contributed by atoms with van der Waals surface area (Å²) in [5, 5.41) is 8.69. The number of methoxy groups -OCH3 is 1. The molecule has 1 aromatic carbocycles. The molecular formula is C14H18O3. The van der Waals surface area contributed by atoms with Gasteiger partial charge < -0.3 is 9.84 Å². The van der Waals surface area contributed by atoms with Crippen LogP contribution in [0, 0.1) is 6.92 Å². The van der Waals surface area contributed by atoms with Gasteiger partial charge in [0.15, 0.2) is 0 Å². The molecule has 3 heteroatoms. The molecule has 0 bridgehead atoms. The number of rotatable bonds is 5. The number of hydrogen-bond donors (Lipinski definition) is 1. The minimum atomic E-state index is -0.804. The lowest BCUT2D eigenvalue weighted by Crippen LogP contribution is -1.94. The smallest absolute Gasteiger partial charge is 0.307 e. The lowest BCUT2D eigenvalue weighted by molar-refractivity contribution is -0.135. The van der Waals surface area contributed by atoms with Crippen LogP contribution < -0.4 is 4.74 Å². The van der Waals surface area contributed by atoms with Crippen molar-refractivity contribution in [2.45, 2.75) is 26.7 Å². The lowest BCUT2D eigenvalue weighted by Gasteiger charge is -2.10. The van der Waals surface area contributed by atoms with Gasteiger partial charge in [0.2, 0.25) is 0 Å². The molecule has 0 heterocycles. The van der Waals surface area contributed by atoms with E-state index in [4.69, 9.17) is 9.84 Å². The standard InChI is InChI=1S/C14H18O3/c1-4-11(5-8-14(15)16)13-7-6-12(17-3)9-10(13)2/h5-7,9H,4,8H2,1-3H3,(H,15,16)/b11-5+. The Kier molecular flexibility index (Phi) is 4.76. The van der Waals surface area contributed by atoms with Gasteiger partial charge in [-0.15, -0.1) is 0 Å². The molecule has 0 saturated carbocycles. The second-order valence-corrected chi connectivity index (χ2v) is 3.86. The first kappa shape index (κ1) is 13.3. The molecule has 0 saturated heterocycles. The predicted octanol–water partition coefficient (Wildman–Crippen LogP) is 3.27. The maximum absolute atomic E-state index is 10.6. The first-order valence-corrected chi connectivity index (χ1v) is 5.64. The van der Waals surface area contributed by atoms with E-state index in [1.165, 1.54) is 0 Å². The molecule has 0 aromatic heterocycles. The zero-order valence-electron chi connectivity index (χ0n) is 10.5. The van der Waals surface area contributed by atoms with Gasteiger partial charge in [-0.3, -0.25) is 4.79 Å². The third kappa shape index (κ3) is 3.63. The summed E-state index contributed by atoms with van der Waals surface area (Å²) < 4.78 is 5.15. The van der Waals surface area contributed by atoms with Crippen molar-refractivity contribution in [2.24, 2.45) is 0 Å². The van der Waals surface area contributed by atoms with Gasteiger partial charge in [-0.1, -0.05) is 19.1 Å². The summed E-state index contributed by atoms with van der Waals surface area (Å²) >= 11 is 0. The lowest BCUT2D eigenvalue weighted by atomic mass is 9.97. The Morgan fingerprint density at radius 1 is 1.47 bits per heavy atom. The van der Waals surface area contributed by atoms with E-state index in [-0.39, 0.29) is 6.42 Å². The monoisotopic (exact) mass is 234 g/mol. The van der Waals surface area contributed by atoms with Crippen LogP contribution in [0.2, 0.25) is 0 Å². The zero-order valence-corrected chi connectivity index (χ0v) is 10.5. The number of carbonyl (C=O) groups is 1. The summed E-state index contributed by atoms with van der Waals surface area (Å²) in [5.41, 5.74) is 3.25. The van der Waals surface area contributed by atoms with Crippen molar-refractivity contribution < 1.29 is 14.6 Å². The van der Waals surface area contributed by atoms with Gasteiger partial charge in [0.25, 0.3) is 0 Å². The Hall–Kier alpha value is -1.77. The molecule has 0 atom stereocenters. The summed E-state index contributed by atoms with van der Waals surface area (Å²) in [5.74, 6) is 0.0158. The Bertz CT molecular complexity index is 433. The molecule has 92 valence electrons. The molecule has 0 aliphatic carbocycles. The minimum Gasteiger partial charge on any atom is -0.497 e. The second kappa shape index (κ2) is 6.09. The Labute approximate surface area is 102 Å². The molecule has 1 N–H and O–H groups in total. The van der Waals surface area contributed by atoms with E-state index < -0.39 is 5.97 Å². The van der Waals surface area contributed by atoms with Crippen LogP contribution in [0.3, 0.4) is 0 Å². The molecular weight excluding hydrogens is 216 g/mol. The summed E-state index contributed by atoms with van der Waals surface area (Å²) in [6.07, 6.45) is 2.66. The summed E-state index contributed by atoms with van der Waals surface area (Å²) in [7, 11) is 1.63. The van der Waals surface area contributed by atoms with E-state index in [1.807, 2.05) is 32.0 Å². The van der Waals surface area contributed by atoms with Crippen LogP contribution >= 0.6 is 0 Å². The van der Waals surface area contributed by atoms with E-state index in [2.05, 4.69) is 0 Å². The number of benzene rings is 1. The minimum absolute atomic E-state index is 0.0641. The van der Waals surface area contributed by atoms with Gasteiger partial charge >= 0.3 is 5.97 Å². The van der Waals surface area contributed by atoms with Gasteiger partial charge in [-0.25, -0.2) is 0 Å². The summed E-state index contributed by atoms with van der Waals surface area (Å²) in [4.78, 5) is 10.6. The maximum atomic E-state index is 10.6. The third-order valence-corrected chi connectivity index (χ3v) is 2.68. The summed E-state index contributed by atoms with van der Waals surface area (Å²) in [6, 6.07) is 5.83. The van der Waals surface area contributed by atoms with Crippen LogP contribution in [0.5, 0.6) is 5.75 Å². The first-order valence-electron chi connectivity index (χ1n) is 5.64. The van der Waals surface area contributed by atoms with Crippen molar-refractivity contribution >= 4 is 11.5 Å². The van der Waals surface area contributed by atoms with Gasteiger partial charge in [0.05, 0.1) is 13.5 Å². The normalized spacial score (nSPS) is 11.4. The maximum Gasteiger partial charge on any atom is 0.307 e. The molecule has 0 fully saturated rings. The van der Waals surface area contributed by atoms with Gasteiger partial charge in [0.1, 0.15) is 5.75 Å². The fraction of sp³-hybridized carbons (Fsp3) is 0.357. The Morgan fingerprint density at radius 2 is 2.18 bits per heavy atom. The van der Waals surface area contributed by atoms with Gasteiger partial charge in [-0.2, -0.15) is 0 Å². The van der Waals surface area contributed by atoms with Crippen molar-refractivity contribution in [3.05, 3.63) is 35.4 Å². The van der Waals surface area contributed by atoms with Crippen LogP contribution in [-0.2, 0) is 4.79 Å². The molecule has 0 aliphatic heterocycles.